The Morgan fingerprint density at radius 3 is 2.63 bits per heavy atom. The number of hydrogen-bond acceptors (Lipinski definition) is 4. The van der Waals surface area contributed by atoms with Crippen LogP contribution in [0.25, 0.3) is 11.3 Å². The molecule has 27 heavy (non-hydrogen) atoms. The maximum atomic E-state index is 12.3. The fourth-order valence-corrected chi connectivity index (χ4v) is 3.96. The number of hydrogen-bond donors (Lipinski definition) is 1. The van der Waals surface area contributed by atoms with Crippen molar-refractivity contribution in [2.45, 2.75) is 31.2 Å². The number of nitrogens with one attached hydrogen (secondary N) is 1. The molecule has 1 aliphatic heterocycles. The summed E-state index contributed by atoms with van der Waals surface area (Å²) in [6.07, 6.45) is 3.99. The summed E-state index contributed by atoms with van der Waals surface area (Å²) < 4.78 is 35.0. The van der Waals surface area contributed by atoms with Crippen LogP contribution in [-0.2, 0) is 23.0 Å². The van der Waals surface area contributed by atoms with E-state index in [1.807, 2.05) is 37.4 Å². The van der Waals surface area contributed by atoms with Gasteiger partial charge in [-0.25, -0.2) is 18.1 Å². The van der Waals surface area contributed by atoms with Gasteiger partial charge in [-0.05, 0) is 50.7 Å². The van der Waals surface area contributed by atoms with E-state index in [1.165, 1.54) is 7.05 Å². The molecule has 0 radical (unpaired) electrons. The molecule has 1 aromatic heterocycles. The normalized spacial score (nSPS) is 13.6. The molecular weight excluding hydrogens is 362 g/mol. The minimum atomic E-state index is -3.56. The van der Waals surface area contributed by atoms with Crippen molar-refractivity contribution in [2.24, 2.45) is 0 Å². The quantitative estimate of drug-likeness (QED) is 0.732. The lowest BCUT2D eigenvalue weighted by Crippen LogP contribution is -2.18. The highest BCUT2D eigenvalue weighted by Gasteiger charge is 2.20. The van der Waals surface area contributed by atoms with Crippen LogP contribution in [0, 0.1) is 6.92 Å². The summed E-state index contributed by atoms with van der Waals surface area (Å²) in [5.41, 5.74) is 2.53. The summed E-state index contributed by atoms with van der Waals surface area (Å²) in [5.74, 6) is 2.29. The Labute approximate surface area is 158 Å². The van der Waals surface area contributed by atoms with Crippen LogP contribution in [0.1, 0.15) is 17.8 Å². The van der Waals surface area contributed by atoms with E-state index in [4.69, 9.17) is 9.72 Å². The van der Waals surface area contributed by atoms with Crippen LogP contribution in [0.2, 0.25) is 0 Å². The van der Waals surface area contributed by atoms with Gasteiger partial charge < -0.3 is 9.30 Å². The van der Waals surface area contributed by atoms with Crippen LogP contribution >= 0.6 is 0 Å². The van der Waals surface area contributed by atoms with Gasteiger partial charge in [0.05, 0.1) is 10.6 Å². The van der Waals surface area contributed by atoms with Gasteiger partial charge >= 0.3 is 0 Å². The first-order valence-corrected chi connectivity index (χ1v) is 10.3. The molecule has 140 valence electrons. The molecular formula is C20H21N3O3S. The average molecular weight is 383 g/mol. The first-order valence-electron chi connectivity index (χ1n) is 8.85. The zero-order valence-corrected chi connectivity index (χ0v) is 16.1. The molecule has 2 aromatic carbocycles. The maximum absolute atomic E-state index is 12.3. The van der Waals surface area contributed by atoms with Crippen LogP contribution < -0.4 is 9.46 Å². The standard InChI is InChI=1S/C20H21N3O3S/c1-14-5-7-15(8-6-14)26-19-10-9-16(27(24,25)21-2)12-17(19)18-13-23-11-3-4-20(23)22-18/h5-10,12-13,21H,3-4,11H2,1-2H3. The van der Waals surface area contributed by atoms with E-state index in [0.29, 0.717) is 17.1 Å². The van der Waals surface area contributed by atoms with Crippen molar-refractivity contribution >= 4 is 10.0 Å². The van der Waals surface area contributed by atoms with Crippen molar-refractivity contribution in [2.75, 3.05) is 7.05 Å². The lowest BCUT2D eigenvalue weighted by Gasteiger charge is -2.12. The molecule has 2 heterocycles. The molecule has 6 nitrogen and oxygen atoms in total. The smallest absolute Gasteiger partial charge is 0.240 e. The Kier molecular flexibility index (Phi) is 4.49. The van der Waals surface area contributed by atoms with E-state index in [1.54, 1.807) is 18.2 Å². The third-order valence-corrected chi connectivity index (χ3v) is 6.13. The molecule has 7 heteroatoms. The topological polar surface area (TPSA) is 73.2 Å². The minimum absolute atomic E-state index is 0.185. The number of ether oxygens (including phenoxy) is 1. The number of sulfonamides is 1. The minimum Gasteiger partial charge on any atom is -0.457 e. The molecule has 0 fully saturated rings. The predicted molar refractivity (Wildman–Crippen MR) is 103 cm³/mol. The van der Waals surface area contributed by atoms with Crippen molar-refractivity contribution in [1.29, 1.82) is 0 Å². The maximum Gasteiger partial charge on any atom is 0.240 e. The van der Waals surface area contributed by atoms with Gasteiger partial charge in [-0.3, -0.25) is 0 Å². The summed E-state index contributed by atoms with van der Waals surface area (Å²) in [6.45, 7) is 2.95. The van der Waals surface area contributed by atoms with Crippen LogP contribution in [0.4, 0.5) is 0 Å². The number of fused-ring (bicyclic) bond motifs is 1. The lowest BCUT2D eigenvalue weighted by atomic mass is 10.1. The van der Waals surface area contributed by atoms with Gasteiger partial charge in [0.2, 0.25) is 10.0 Å². The van der Waals surface area contributed by atoms with Gasteiger partial charge in [0, 0.05) is 24.7 Å². The molecule has 0 saturated carbocycles. The molecule has 0 aliphatic carbocycles. The van der Waals surface area contributed by atoms with Gasteiger partial charge in [-0.2, -0.15) is 0 Å². The zero-order valence-electron chi connectivity index (χ0n) is 15.3. The number of rotatable bonds is 5. The van der Waals surface area contributed by atoms with Gasteiger partial charge in [0.15, 0.2) is 0 Å². The third kappa shape index (κ3) is 3.48. The van der Waals surface area contributed by atoms with E-state index in [-0.39, 0.29) is 4.90 Å². The Morgan fingerprint density at radius 1 is 1.15 bits per heavy atom. The number of aromatic nitrogens is 2. The van der Waals surface area contributed by atoms with E-state index in [2.05, 4.69) is 9.29 Å². The largest absolute Gasteiger partial charge is 0.457 e. The Balaban J connectivity index is 1.80. The Bertz CT molecular complexity index is 1060. The molecule has 4 rings (SSSR count). The number of benzene rings is 2. The molecule has 0 unspecified atom stereocenters. The monoisotopic (exact) mass is 383 g/mol. The highest BCUT2D eigenvalue weighted by atomic mass is 32.2. The first-order chi connectivity index (χ1) is 13.0. The fourth-order valence-electron chi connectivity index (χ4n) is 3.20. The second kappa shape index (κ2) is 6.83. The van der Waals surface area contributed by atoms with Gasteiger partial charge in [0.1, 0.15) is 17.3 Å². The number of aryl methyl sites for hydroxylation is 3. The molecule has 1 aliphatic rings. The zero-order chi connectivity index (χ0) is 19.0. The Morgan fingerprint density at radius 2 is 1.93 bits per heavy atom. The number of nitrogens with zero attached hydrogens (tertiary/aromatic N) is 2. The first kappa shape index (κ1) is 17.8. The second-order valence-electron chi connectivity index (χ2n) is 6.62. The Hall–Kier alpha value is -2.64. The molecule has 1 N–H and O–H groups in total. The second-order valence-corrected chi connectivity index (χ2v) is 8.51. The van der Waals surface area contributed by atoms with Crippen molar-refractivity contribution in [3.63, 3.8) is 0 Å². The van der Waals surface area contributed by atoms with E-state index in [0.717, 1.165) is 36.5 Å². The highest BCUT2D eigenvalue weighted by molar-refractivity contribution is 7.89. The van der Waals surface area contributed by atoms with Gasteiger partial charge in [0.25, 0.3) is 0 Å². The number of imidazole rings is 1. The molecule has 0 saturated heterocycles. The summed E-state index contributed by atoms with van der Waals surface area (Å²) in [4.78, 5) is 4.88. The van der Waals surface area contributed by atoms with Crippen LogP contribution in [-0.4, -0.2) is 25.0 Å². The van der Waals surface area contributed by atoms with Crippen molar-refractivity contribution in [1.82, 2.24) is 14.3 Å². The van der Waals surface area contributed by atoms with Crippen LogP contribution in [0.3, 0.4) is 0 Å². The van der Waals surface area contributed by atoms with Crippen LogP contribution in [0.15, 0.2) is 53.6 Å². The predicted octanol–water partition coefficient (Wildman–Crippen LogP) is 3.51. The molecule has 3 aromatic rings. The van der Waals surface area contributed by atoms with Gasteiger partial charge in [-0.1, -0.05) is 17.7 Å². The van der Waals surface area contributed by atoms with Gasteiger partial charge in [-0.15, -0.1) is 0 Å². The van der Waals surface area contributed by atoms with E-state index < -0.39 is 10.0 Å². The molecule has 0 amide bonds. The van der Waals surface area contributed by atoms with Crippen molar-refractivity contribution in [3.05, 3.63) is 60.0 Å². The fraction of sp³-hybridized carbons (Fsp3) is 0.250. The van der Waals surface area contributed by atoms with Crippen molar-refractivity contribution in [3.8, 4) is 22.8 Å². The average Bonchev–Trinajstić information content (AvgIpc) is 3.26. The summed E-state index contributed by atoms with van der Waals surface area (Å²) in [7, 11) is -2.16. The van der Waals surface area contributed by atoms with E-state index >= 15 is 0 Å². The summed E-state index contributed by atoms with van der Waals surface area (Å²) in [5, 5.41) is 0. The highest BCUT2D eigenvalue weighted by Crippen LogP contribution is 2.35. The van der Waals surface area contributed by atoms with Crippen molar-refractivity contribution < 1.29 is 13.2 Å². The summed E-state index contributed by atoms with van der Waals surface area (Å²) >= 11 is 0. The molecule has 0 atom stereocenters. The molecule has 0 bridgehead atoms. The molecule has 0 spiro atoms. The SMILES string of the molecule is CNS(=O)(=O)c1ccc(Oc2ccc(C)cc2)c(-c2cn3c(n2)CCC3)c1. The summed E-state index contributed by atoms with van der Waals surface area (Å²) in [6, 6.07) is 12.6. The van der Waals surface area contributed by atoms with Crippen LogP contribution in [0.5, 0.6) is 11.5 Å². The third-order valence-electron chi connectivity index (χ3n) is 4.71. The lowest BCUT2D eigenvalue weighted by molar-refractivity contribution is 0.483. The van der Waals surface area contributed by atoms with E-state index in [9.17, 15) is 8.42 Å².